The van der Waals surface area contributed by atoms with Gasteiger partial charge in [-0.1, -0.05) is 193 Å². The molecule has 0 aliphatic carbocycles. The van der Waals surface area contributed by atoms with Gasteiger partial charge in [-0.2, -0.15) is 12.6 Å². The summed E-state index contributed by atoms with van der Waals surface area (Å²) < 4.78 is 0. The zero-order valence-electron chi connectivity index (χ0n) is 25.4. The Morgan fingerprint density at radius 3 is 0.579 bits per heavy atom. The summed E-state index contributed by atoms with van der Waals surface area (Å²) >= 11 is 22.1. The highest BCUT2D eigenvalue weighted by Gasteiger charge is 2.23. The number of thiol groups is 1. The van der Waals surface area contributed by atoms with E-state index in [-0.39, 0.29) is 0 Å². The fourth-order valence-electron chi connectivity index (χ4n) is 5.56. The van der Waals surface area contributed by atoms with Crippen molar-refractivity contribution in [2.45, 2.75) is 205 Å². The minimum atomic E-state index is -2.37. The van der Waals surface area contributed by atoms with Crippen molar-refractivity contribution < 1.29 is 0 Å². The zero-order chi connectivity index (χ0) is 27.8. The van der Waals surface area contributed by atoms with Gasteiger partial charge in [-0.3, -0.25) is 0 Å². The van der Waals surface area contributed by atoms with Crippen LogP contribution in [-0.4, -0.2) is 11.8 Å². The van der Waals surface area contributed by atoms with Gasteiger partial charge < -0.3 is 0 Å². The first-order chi connectivity index (χ1) is 18.6. The molecule has 0 aliphatic rings. The van der Waals surface area contributed by atoms with Crippen molar-refractivity contribution in [1.29, 1.82) is 0 Å². The maximum atomic E-state index is 5.92. The molecule has 0 saturated heterocycles. The van der Waals surface area contributed by atoms with Crippen molar-refractivity contribution in [3.8, 4) is 0 Å². The lowest BCUT2D eigenvalue weighted by Crippen LogP contribution is -2.07. The Morgan fingerprint density at radius 2 is 0.421 bits per heavy atom. The van der Waals surface area contributed by atoms with Gasteiger partial charge in [-0.25, -0.2) is 0 Å². The van der Waals surface area contributed by atoms with Crippen LogP contribution in [0.3, 0.4) is 0 Å². The molecule has 0 spiro atoms. The van der Waals surface area contributed by atoms with E-state index in [0.717, 1.165) is 18.2 Å². The highest BCUT2D eigenvalue weighted by atomic mass is 35.8. The van der Waals surface area contributed by atoms with Crippen LogP contribution in [0.5, 0.6) is 0 Å². The van der Waals surface area contributed by atoms with Crippen molar-refractivity contribution in [3.05, 3.63) is 0 Å². The van der Waals surface area contributed by atoms with Crippen molar-refractivity contribution in [2.24, 2.45) is 0 Å². The van der Waals surface area contributed by atoms with E-state index in [4.69, 9.17) is 33.2 Å². The lowest BCUT2D eigenvalue weighted by Gasteiger charge is -2.07. The SMILES string of the molecule is SCCCCCCCCCCCCCCCCCCCCCCCCCCCCCCCCC[Si](Cl)(Cl)Cl. The monoisotopic (exact) mass is 628 g/mol. The Kier molecular flexibility index (Phi) is 34.2. The Morgan fingerprint density at radius 1 is 0.263 bits per heavy atom. The second-order valence-corrected chi connectivity index (χ2v) is 21.8. The molecule has 0 nitrogen and oxygen atoms in total. The van der Waals surface area contributed by atoms with Crippen LogP contribution in [-0.2, 0) is 0 Å². The normalized spacial score (nSPS) is 12.0. The molecule has 0 aromatic rings. The van der Waals surface area contributed by atoms with E-state index >= 15 is 0 Å². The second-order valence-electron chi connectivity index (χ2n) is 12.0. The fraction of sp³-hybridized carbons (Fsp3) is 1.00. The summed E-state index contributed by atoms with van der Waals surface area (Å²) in [4.78, 5) is 0. The van der Waals surface area contributed by atoms with Crippen LogP contribution >= 0.6 is 45.9 Å². The largest absolute Gasteiger partial charge is 0.341 e. The summed E-state index contributed by atoms with van der Waals surface area (Å²) in [5.74, 6) is 1.06. The molecule has 0 unspecified atom stereocenters. The molecule has 0 bridgehead atoms. The molecule has 38 heavy (non-hydrogen) atoms. The van der Waals surface area contributed by atoms with Gasteiger partial charge in [-0.05, 0) is 18.2 Å². The Labute approximate surface area is 261 Å². The third-order valence-corrected chi connectivity index (χ3v) is 11.1. The Bertz CT molecular complexity index is 431. The lowest BCUT2D eigenvalue weighted by molar-refractivity contribution is 0.513. The second kappa shape index (κ2) is 32.9. The average molecular weight is 630 g/mol. The topological polar surface area (TPSA) is 0 Å². The van der Waals surface area contributed by atoms with Crippen molar-refractivity contribution in [3.63, 3.8) is 0 Å². The van der Waals surface area contributed by atoms with E-state index in [0.29, 0.717) is 0 Å². The molecule has 0 fully saturated rings. The number of rotatable bonds is 33. The summed E-state index contributed by atoms with van der Waals surface area (Å²) in [6.07, 6.45) is 44.2. The van der Waals surface area contributed by atoms with Crippen molar-refractivity contribution in [2.75, 3.05) is 5.75 Å². The van der Waals surface area contributed by atoms with Crippen molar-refractivity contribution in [1.82, 2.24) is 0 Å². The van der Waals surface area contributed by atoms with Gasteiger partial charge in [0.05, 0.1) is 0 Å². The standard InChI is InChI=1S/C33H67Cl3SSi/c34-38(35,36)33-31-29-27-25-23-21-19-17-15-13-11-9-7-5-3-1-2-4-6-8-10-12-14-16-18-20-22-24-26-28-30-32-37/h37H,1-33H2. The predicted octanol–water partition coefficient (Wildman–Crippen LogP) is 14.7. The quantitative estimate of drug-likeness (QED) is 0.0317. The van der Waals surface area contributed by atoms with Crippen LogP contribution in [0.2, 0.25) is 6.04 Å². The summed E-state index contributed by atoms with van der Waals surface area (Å²) in [7, 11) is 0. The van der Waals surface area contributed by atoms with Crippen LogP contribution in [0.25, 0.3) is 0 Å². The molecule has 0 rings (SSSR count). The molecule has 0 aromatic carbocycles. The van der Waals surface area contributed by atoms with Gasteiger partial charge in [-0.15, -0.1) is 33.2 Å². The first kappa shape index (κ1) is 39.4. The molecule has 0 N–H and O–H groups in total. The van der Waals surface area contributed by atoms with Gasteiger partial charge in [0.15, 0.2) is 0 Å². The molecule has 0 aromatic heterocycles. The summed E-state index contributed by atoms with van der Waals surface area (Å²) in [5, 5.41) is 0. The molecule has 0 saturated carbocycles. The van der Waals surface area contributed by atoms with E-state index in [1.165, 1.54) is 193 Å². The van der Waals surface area contributed by atoms with Crippen LogP contribution in [0.15, 0.2) is 0 Å². The molecule has 0 atom stereocenters. The Hall–Kier alpha value is 1.44. The highest BCUT2D eigenvalue weighted by Crippen LogP contribution is 2.27. The molecule has 0 radical (unpaired) electrons. The van der Waals surface area contributed by atoms with Crippen LogP contribution < -0.4 is 0 Å². The first-order valence-corrected chi connectivity index (χ1v) is 23.1. The van der Waals surface area contributed by atoms with Gasteiger partial charge in [0.2, 0.25) is 0 Å². The average Bonchev–Trinajstić information content (AvgIpc) is 2.88. The number of hydrogen-bond acceptors (Lipinski definition) is 1. The van der Waals surface area contributed by atoms with E-state index in [1.807, 2.05) is 0 Å². The first-order valence-electron chi connectivity index (χ1n) is 17.2. The minimum Gasteiger partial charge on any atom is -0.179 e. The molecule has 230 valence electrons. The molecular weight excluding hydrogens is 563 g/mol. The van der Waals surface area contributed by atoms with E-state index in [2.05, 4.69) is 12.6 Å². The van der Waals surface area contributed by atoms with Crippen LogP contribution in [0, 0.1) is 0 Å². The maximum Gasteiger partial charge on any atom is 0.341 e. The fourth-order valence-corrected chi connectivity index (χ4v) is 7.64. The van der Waals surface area contributed by atoms with Gasteiger partial charge in [0, 0.05) is 0 Å². The Balaban J connectivity index is 3.04. The third-order valence-electron chi connectivity index (χ3n) is 8.12. The predicted molar refractivity (Wildman–Crippen MR) is 185 cm³/mol. The summed E-state index contributed by atoms with van der Waals surface area (Å²) in [5.41, 5.74) is 0. The lowest BCUT2D eigenvalue weighted by atomic mass is 10.0. The van der Waals surface area contributed by atoms with E-state index in [1.54, 1.807) is 0 Å². The maximum absolute atomic E-state index is 5.92. The van der Waals surface area contributed by atoms with Gasteiger partial charge >= 0.3 is 6.00 Å². The zero-order valence-corrected chi connectivity index (χ0v) is 29.6. The number of hydrogen-bond donors (Lipinski definition) is 1. The third kappa shape index (κ3) is 37.4. The molecule has 5 heteroatoms. The van der Waals surface area contributed by atoms with Crippen LogP contribution in [0.1, 0.15) is 199 Å². The smallest absolute Gasteiger partial charge is 0.179 e. The molecule has 0 amide bonds. The van der Waals surface area contributed by atoms with Gasteiger partial charge in [0.25, 0.3) is 0 Å². The molecular formula is C33H67Cl3SSi. The molecule has 0 heterocycles. The van der Waals surface area contributed by atoms with Gasteiger partial charge in [0.1, 0.15) is 0 Å². The van der Waals surface area contributed by atoms with Crippen molar-refractivity contribution >= 4 is 51.9 Å². The summed E-state index contributed by atoms with van der Waals surface area (Å²) in [6.45, 7) is 0. The highest BCUT2D eigenvalue weighted by molar-refractivity contribution is 7.80. The van der Waals surface area contributed by atoms with E-state index in [9.17, 15) is 0 Å². The summed E-state index contributed by atoms with van der Waals surface area (Å²) in [6, 6.07) is -1.54. The minimum absolute atomic E-state index is 0.830. The van der Waals surface area contributed by atoms with E-state index < -0.39 is 6.00 Å². The number of halogens is 3. The number of unbranched alkanes of at least 4 members (excludes halogenated alkanes) is 30. The van der Waals surface area contributed by atoms with Crippen LogP contribution in [0.4, 0.5) is 0 Å². The molecule has 0 aliphatic heterocycles.